The summed E-state index contributed by atoms with van der Waals surface area (Å²) >= 11 is 4.75. The second-order valence-corrected chi connectivity index (χ2v) is 7.90. The molecule has 0 spiro atoms. The summed E-state index contributed by atoms with van der Waals surface area (Å²) in [5.41, 5.74) is 10.2. The average Bonchev–Trinajstić information content (AvgIpc) is 3.02. The summed E-state index contributed by atoms with van der Waals surface area (Å²) < 4.78 is 0.995. The molecule has 0 aliphatic heterocycles. The summed E-state index contributed by atoms with van der Waals surface area (Å²) in [7, 11) is 0. The van der Waals surface area contributed by atoms with Gasteiger partial charge in [0.25, 0.3) is 5.91 Å². The first-order valence-electron chi connectivity index (χ1n) is 8.20. The number of halogens is 1. The van der Waals surface area contributed by atoms with E-state index in [1.807, 2.05) is 49.4 Å². The average molecular weight is 439 g/mol. The molecule has 7 heteroatoms. The summed E-state index contributed by atoms with van der Waals surface area (Å²) in [6, 6.07) is 13.3. The van der Waals surface area contributed by atoms with Gasteiger partial charge in [-0.2, -0.15) is 0 Å². The largest absolute Gasteiger partial charge is 0.397 e. The van der Waals surface area contributed by atoms with Crippen LogP contribution in [0, 0.1) is 6.92 Å². The zero-order chi connectivity index (χ0) is 19.0. The Hall–Kier alpha value is -2.77. The highest BCUT2D eigenvalue weighted by molar-refractivity contribution is 9.10. The number of carbonyl (C=O) groups is 1. The molecule has 0 atom stereocenters. The topological polar surface area (TPSA) is 80.9 Å². The van der Waals surface area contributed by atoms with Crippen molar-refractivity contribution in [3.05, 3.63) is 69.8 Å². The van der Waals surface area contributed by atoms with E-state index in [9.17, 15) is 4.79 Å². The maximum atomic E-state index is 12.7. The summed E-state index contributed by atoms with van der Waals surface area (Å²) in [5, 5.41) is 3.70. The van der Waals surface area contributed by atoms with Crippen molar-refractivity contribution >= 4 is 54.8 Å². The Balaban J connectivity index is 1.68. The number of aryl methyl sites for hydroxylation is 1. The highest BCUT2D eigenvalue weighted by atomic mass is 79.9. The maximum absolute atomic E-state index is 12.7. The van der Waals surface area contributed by atoms with Gasteiger partial charge in [0.05, 0.1) is 11.4 Å². The first-order chi connectivity index (χ1) is 13.0. The zero-order valence-corrected chi connectivity index (χ0v) is 16.8. The lowest BCUT2D eigenvalue weighted by Crippen LogP contribution is -2.12. The Kier molecular flexibility index (Phi) is 4.63. The number of amides is 1. The van der Waals surface area contributed by atoms with Crippen LogP contribution in [0.1, 0.15) is 15.2 Å². The molecule has 0 fully saturated rings. The standard InChI is InChI=1S/C20H15BrN4OS/c1-11-10-13(2-4-15(11)21)24-19(26)18-17(22)14-3-5-16(25-20(14)27-18)12-6-8-23-9-7-12/h2-10H,22H2,1H3,(H,24,26). The maximum Gasteiger partial charge on any atom is 0.267 e. The number of pyridine rings is 2. The van der Waals surface area contributed by atoms with Crippen LogP contribution in [0.5, 0.6) is 0 Å². The molecule has 134 valence electrons. The first-order valence-corrected chi connectivity index (χ1v) is 9.81. The lowest BCUT2D eigenvalue weighted by atomic mass is 10.1. The highest BCUT2D eigenvalue weighted by Crippen LogP contribution is 2.34. The number of nitrogen functional groups attached to an aromatic ring is 1. The summed E-state index contributed by atoms with van der Waals surface area (Å²) in [4.78, 5) is 22.6. The van der Waals surface area contributed by atoms with Gasteiger partial charge < -0.3 is 11.1 Å². The molecule has 0 bridgehead atoms. The zero-order valence-electron chi connectivity index (χ0n) is 14.4. The molecule has 0 aliphatic rings. The summed E-state index contributed by atoms with van der Waals surface area (Å²) in [6.07, 6.45) is 3.45. The SMILES string of the molecule is Cc1cc(NC(=O)c2sc3nc(-c4ccncc4)ccc3c2N)ccc1Br. The molecule has 27 heavy (non-hydrogen) atoms. The number of nitrogens with two attached hydrogens (primary N) is 1. The Labute approximate surface area is 168 Å². The fraction of sp³-hybridized carbons (Fsp3) is 0.0500. The van der Waals surface area contributed by atoms with Crippen molar-refractivity contribution < 1.29 is 4.79 Å². The second-order valence-electron chi connectivity index (χ2n) is 6.05. The monoisotopic (exact) mass is 438 g/mol. The van der Waals surface area contributed by atoms with Crippen LogP contribution in [-0.2, 0) is 0 Å². The number of hydrogen-bond acceptors (Lipinski definition) is 5. The van der Waals surface area contributed by atoms with E-state index in [-0.39, 0.29) is 5.91 Å². The molecule has 3 N–H and O–H groups in total. The van der Waals surface area contributed by atoms with Crippen molar-refractivity contribution in [2.75, 3.05) is 11.1 Å². The van der Waals surface area contributed by atoms with E-state index in [0.29, 0.717) is 10.6 Å². The number of fused-ring (bicyclic) bond motifs is 1. The normalized spacial score (nSPS) is 10.9. The molecule has 1 aromatic carbocycles. The molecule has 3 heterocycles. The van der Waals surface area contributed by atoms with Crippen molar-refractivity contribution in [1.82, 2.24) is 9.97 Å². The van der Waals surface area contributed by atoms with Crippen molar-refractivity contribution in [1.29, 1.82) is 0 Å². The van der Waals surface area contributed by atoms with Gasteiger partial charge in [0.1, 0.15) is 9.71 Å². The number of benzene rings is 1. The van der Waals surface area contributed by atoms with Gasteiger partial charge in [-0.1, -0.05) is 15.9 Å². The number of nitrogens with zero attached hydrogens (tertiary/aromatic N) is 2. The predicted molar refractivity (Wildman–Crippen MR) is 114 cm³/mol. The number of carbonyl (C=O) groups excluding carboxylic acids is 1. The van der Waals surface area contributed by atoms with Crippen LogP contribution in [0.25, 0.3) is 21.5 Å². The third-order valence-corrected chi connectivity index (χ3v) is 6.20. The van der Waals surface area contributed by atoms with Crippen LogP contribution >= 0.6 is 27.3 Å². The fourth-order valence-corrected chi connectivity index (χ4v) is 4.00. The molecule has 0 unspecified atom stereocenters. The molecular weight excluding hydrogens is 424 g/mol. The van der Waals surface area contributed by atoms with Crippen molar-refractivity contribution in [2.24, 2.45) is 0 Å². The van der Waals surface area contributed by atoms with E-state index in [1.165, 1.54) is 11.3 Å². The lowest BCUT2D eigenvalue weighted by Gasteiger charge is -2.06. The summed E-state index contributed by atoms with van der Waals surface area (Å²) in [5.74, 6) is -0.234. The summed E-state index contributed by atoms with van der Waals surface area (Å²) in [6.45, 7) is 1.97. The van der Waals surface area contributed by atoms with Crippen molar-refractivity contribution in [3.63, 3.8) is 0 Å². The van der Waals surface area contributed by atoms with Crippen LogP contribution in [0.15, 0.2) is 59.3 Å². The quantitative estimate of drug-likeness (QED) is 0.456. The van der Waals surface area contributed by atoms with Gasteiger partial charge in [0.2, 0.25) is 0 Å². The van der Waals surface area contributed by atoms with E-state index in [0.717, 1.165) is 37.2 Å². The third-order valence-electron chi connectivity index (χ3n) is 4.19. The molecule has 0 saturated heterocycles. The Morgan fingerprint density at radius 2 is 1.93 bits per heavy atom. The molecule has 4 aromatic rings. The van der Waals surface area contributed by atoms with E-state index in [4.69, 9.17) is 5.73 Å². The van der Waals surface area contributed by atoms with E-state index >= 15 is 0 Å². The van der Waals surface area contributed by atoms with Gasteiger partial charge in [0.15, 0.2) is 0 Å². The minimum atomic E-state index is -0.234. The molecular formula is C20H15BrN4OS. The number of nitrogens with one attached hydrogen (secondary N) is 1. The van der Waals surface area contributed by atoms with Crippen molar-refractivity contribution in [3.8, 4) is 11.3 Å². The minimum absolute atomic E-state index is 0.234. The van der Waals surface area contributed by atoms with Gasteiger partial charge in [0, 0.05) is 33.5 Å². The Morgan fingerprint density at radius 3 is 2.67 bits per heavy atom. The number of thiophene rings is 1. The molecule has 5 nitrogen and oxygen atoms in total. The van der Waals surface area contributed by atoms with Crippen LogP contribution in [-0.4, -0.2) is 15.9 Å². The van der Waals surface area contributed by atoms with Crippen LogP contribution < -0.4 is 11.1 Å². The minimum Gasteiger partial charge on any atom is -0.397 e. The van der Waals surface area contributed by atoms with E-state index in [2.05, 4.69) is 31.2 Å². The second kappa shape index (κ2) is 7.09. The van der Waals surface area contributed by atoms with Gasteiger partial charge in [-0.3, -0.25) is 9.78 Å². The molecule has 0 aliphatic carbocycles. The number of aromatic nitrogens is 2. The first kappa shape index (κ1) is 17.6. The van der Waals surface area contributed by atoms with Crippen LogP contribution in [0.2, 0.25) is 0 Å². The highest BCUT2D eigenvalue weighted by Gasteiger charge is 2.18. The van der Waals surface area contributed by atoms with Gasteiger partial charge in [-0.15, -0.1) is 11.3 Å². The molecule has 0 radical (unpaired) electrons. The van der Waals surface area contributed by atoms with E-state index < -0.39 is 0 Å². The number of rotatable bonds is 3. The van der Waals surface area contributed by atoms with Crippen LogP contribution in [0.3, 0.4) is 0 Å². The molecule has 3 aromatic heterocycles. The number of hydrogen-bond donors (Lipinski definition) is 2. The van der Waals surface area contributed by atoms with Gasteiger partial charge in [-0.05, 0) is 55.0 Å². The van der Waals surface area contributed by atoms with Crippen LogP contribution in [0.4, 0.5) is 11.4 Å². The lowest BCUT2D eigenvalue weighted by molar-refractivity contribution is 0.103. The van der Waals surface area contributed by atoms with Gasteiger partial charge >= 0.3 is 0 Å². The van der Waals surface area contributed by atoms with E-state index in [1.54, 1.807) is 12.4 Å². The smallest absolute Gasteiger partial charge is 0.267 e. The van der Waals surface area contributed by atoms with Gasteiger partial charge in [-0.25, -0.2) is 4.98 Å². The van der Waals surface area contributed by atoms with Crippen molar-refractivity contribution in [2.45, 2.75) is 6.92 Å². The molecule has 4 rings (SSSR count). The fourth-order valence-electron chi connectivity index (χ4n) is 2.76. The number of anilines is 2. The molecule has 1 amide bonds. The molecule has 0 saturated carbocycles. The Morgan fingerprint density at radius 1 is 1.15 bits per heavy atom. The Bertz CT molecular complexity index is 1160. The predicted octanol–water partition coefficient (Wildman–Crippen LogP) is 5.26. The third kappa shape index (κ3) is 3.43.